The fourth-order valence-corrected chi connectivity index (χ4v) is 2.07. The van der Waals surface area contributed by atoms with Gasteiger partial charge in [-0.05, 0) is 37.4 Å². The molecule has 108 valence electrons. The molecule has 1 unspecified atom stereocenters. The van der Waals surface area contributed by atoms with Gasteiger partial charge >= 0.3 is 0 Å². The first-order valence-electron chi connectivity index (χ1n) is 7.43. The highest BCUT2D eigenvalue weighted by Gasteiger charge is 2.09. The third-order valence-electron chi connectivity index (χ3n) is 3.42. The first kappa shape index (κ1) is 16.0. The molecule has 3 heteroatoms. The van der Waals surface area contributed by atoms with Crippen LogP contribution in [0.4, 0.5) is 5.82 Å². The zero-order valence-electron chi connectivity index (χ0n) is 13.1. The summed E-state index contributed by atoms with van der Waals surface area (Å²) in [6, 6.07) is 4.84. The van der Waals surface area contributed by atoms with Gasteiger partial charge in [-0.15, -0.1) is 0 Å². The van der Waals surface area contributed by atoms with Crippen LogP contribution in [0.5, 0.6) is 0 Å². The molecule has 1 heterocycles. The minimum atomic E-state index is 0.544. The Morgan fingerprint density at radius 1 is 1.26 bits per heavy atom. The number of anilines is 1. The van der Waals surface area contributed by atoms with E-state index in [1.54, 1.807) is 0 Å². The van der Waals surface area contributed by atoms with Gasteiger partial charge in [0, 0.05) is 25.8 Å². The molecule has 0 spiro atoms. The molecule has 0 saturated heterocycles. The molecule has 19 heavy (non-hydrogen) atoms. The van der Waals surface area contributed by atoms with Crippen molar-refractivity contribution in [3.63, 3.8) is 0 Å². The Labute approximate surface area is 118 Å². The van der Waals surface area contributed by atoms with E-state index in [-0.39, 0.29) is 0 Å². The van der Waals surface area contributed by atoms with E-state index < -0.39 is 0 Å². The van der Waals surface area contributed by atoms with Crippen LogP contribution in [0, 0.1) is 5.92 Å². The van der Waals surface area contributed by atoms with Crippen molar-refractivity contribution >= 4 is 5.82 Å². The van der Waals surface area contributed by atoms with Crippen LogP contribution in [0.15, 0.2) is 18.3 Å². The van der Waals surface area contributed by atoms with Gasteiger partial charge in [0.2, 0.25) is 0 Å². The van der Waals surface area contributed by atoms with E-state index in [1.165, 1.54) is 18.4 Å². The van der Waals surface area contributed by atoms with Crippen molar-refractivity contribution in [2.24, 2.45) is 5.92 Å². The van der Waals surface area contributed by atoms with Crippen LogP contribution in [0.3, 0.4) is 0 Å². The summed E-state index contributed by atoms with van der Waals surface area (Å²) in [4.78, 5) is 6.82. The second kappa shape index (κ2) is 8.16. The van der Waals surface area contributed by atoms with Gasteiger partial charge in [0.25, 0.3) is 0 Å². The summed E-state index contributed by atoms with van der Waals surface area (Å²) in [5, 5.41) is 3.44. The molecular weight excluding hydrogens is 234 g/mol. The third kappa shape index (κ3) is 5.60. The maximum Gasteiger partial charge on any atom is 0.128 e. The van der Waals surface area contributed by atoms with Crippen LogP contribution < -0.4 is 10.2 Å². The number of hydrogen-bond acceptors (Lipinski definition) is 3. The van der Waals surface area contributed by atoms with Crippen molar-refractivity contribution in [3.8, 4) is 0 Å². The van der Waals surface area contributed by atoms with E-state index in [1.807, 2.05) is 6.20 Å². The molecule has 0 aliphatic carbocycles. The molecule has 0 aromatic carbocycles. The molecule has 0 fully saturated rings. The van der Waals surface area contributed by atoms with Gasteiger partial charge in [-0.3, -0.25) is 0 Å². The van der Waals surface area contributed by atoms with E-state index in [0.29, 0.717) is 12.0 Å². The van der Waals surface area contributed by atoms with Crippen molar-refractivity contribution in [1.29, 1.82) is 0 Å². The summed E-state index contributed by atoms with van der Waals surface area (Å²) in [5.41, 5.74) is 1.25. The first-order chi connectivity index (χ1) is 9.04. The standard InChI is InChI=1S/C16H29N3/c1-6-7-14(4)19(5)16-9-8-15(12-18-16)11-17-10-13(2)3/h8-9,12-14,17H,6-7,10-11H2,1-5H3. The Morgan fingerprint density at radius 3 is 2.53 bits per heavy atom. The fraction of sp³-hybridized carbons (Fsp3) is 0.688. The van der Waals surface area contributed by atoms with E-state index in [9.17, 15) is 0 Å². The Morgan fingerprint density at radius 2 is 2.00 bits per heavy atom. The number of hydrogen-bond donors (Lipinski definition) is 1. The summed E-state index contributed by atoms with van der Waals surface area (Å²) in [6.45, 7) is 10.9. The Bertz CT molecular complexity index is 346. The molecule has 0 saturated carbocycles. The van der Waals surface area contributed by atoms with E-state index in [2.05, 4.69) is 62.1 Å². The molecule has 0 aliphatic rings. The molecule has 1 aromatic rings. The largest absolute Gasteiger partial charge is 0.357 e. The minimum absolute atomic E-state index is 0.544. The molecule has 1 atom stereocenters. The van der Waals surface area contributed by atoms with E-state index in [0.717, 1.165) is 18.9 Å². The molecule has 1 rings (SSSR count). The van der Waals surface area contributed by atoms with Gasteiger partial charge in [-0.25, -0.2) is 4.98 Å². The highest BCUT2D eigenvalue weighted by molar-refractivity contribution is 5.39. The summed E-state index contributed by atoms with van der Waals surface area (Å²) in [5.74, 6) is 1.75. The topological polar surface area (TPSA) is 28.2 Å². The van der Waals surface area contributed by atoms with Gasteiger partial charge < -0.3 is 10.2 Å². The van der Waals surface area contributed by atoms with Crippen LogP contribution >= 0.6 is 0 Å². The maximum atomic E-state index is 4.57. The second-order valence-electron chi connectivity index (χ2n) is 5.80. The van der Waals surface area contributed by atoms with Crippen molar-refractivity contribution in [3.05, 3.63) is 23.9 Å². The highest BCUT2D eigenvalue weighted by Crippen LogP contribution is 2.15. The lowest BCUT2D eigenvalue weighted by Gasteiger charge is -2.25. The molecule has 3 nitrogen and oxygen atoms in total. The number of rotatable bonds is 8. The average Bonchev–Trinajstić information content (AvgIpc) is 2.38. The zero-order chi connectivity index (χ0) is 14.3. The molecular formula is C16H29N3. The molecule has 0 aliphatic heterocycles. The number of aromatic nitrogens is 1. The Balaban J connectivity index is 2.51. The fourth-order valence-electron chi connectivity index (χ4n) is 2.07. The lowest BCUT2D eigenvalue weighted by molar-refractivity contribution is 0.551. The predicted octanol–water partition coefficient (Wildman–Crippen LogP) is 3.45. The van der Waals surface area contributed by atoms with Crippen molar-refractivity contribution in [2.45, 2.75) is 53.1 Å². The van der Waals surface area contributed by atoms with Crippen molar-refractivity contribution in [1.82, 2.24) is 10.3 Å². The summed E-state index contributed by atoms with van der Waals surface area (Å²) in [6.07, 6.45) is 4.40. The van der Waals surface area contributed by atoms with Crippen LogP contribution in [0.1, 0.15) is 46.1 Å². The van der Waals surface area contributed by atoms with Crippen LogP contribution in [0.25, 0.3) is 0 Å². The van der Waals surface area contributed by atoms with Crippen LogP contribution in [-0.4, -0.2) is 24.6 Å². The summed E-state index contributed by atoms with van der Waals surface area (Å²) < 4.78 is 0. The van der Waals surface area contributed by atoms with Gasteiger partial charge in [-0.2, -0.15) is 0 Å². The summed E-state index contributed by atoms with van der Waals surface area (Å²) >= 11 is 0. The van der Waals surface area contributed by atoms with Crippen LogP contribution in [0.2, 0.25) is 0 Å². The number of nitrogens with one attached hydrogen (secondary N) is 1. The van der Waals surface area contributed by atoms with Crippen molar-refractivity contribution in [2.75, 3.05) is 18.5 Å². The first-order valence-corrected chi connectivity index (χ1v) is 7.43. The monoisotopic (exact) mass is 263 g/mol. The number of nitrogens with zero attached hydrogens (tertiary/aromatic N) is 2. The Kier molecular flexibility index (Phi) is 6.85. The van der Waals surface area contributed by atoms with Gasteiger partial charge in [0.1, 0.15) is 5.82 Å². The molecule has 0 radical (unpaired) electrons. The van der Waals surface area contributed by atoms with Gasteiger partial charge in [0.15, 0.2) is 0 Å². The third-order valence-corrected chi connectivity index (χ3v) is 3.42. The highest BCUT2D eigenvalue weighted by atomic mass is 15.2. The molecule has 0 bridgehead atoms. The van der Waals surface area contributed by atoms with Gasteiger partial charge in [-0.1, -0.05) is 33.3 Å². The predicted molar refractivity (Wildman–Crippen MR) is 83.6 cm³/mol. The minimum Gasteiger partial charge on any atom is -0.357 e. The second-order valence-corrected chi connectivity index (χ2v) is 5.80. The maximum absolute atomic E-state index is 4.57. The zero-order valence-corrected chi connectivity index (χ0v) is 13.1. The average molecular weight is 263 g/mol. The molecule has 1 N–H and O–H groups in total. The number of pyridine rings is 1. The quantitative estimate of drug-likeness (QED) is 0.778. The van der Waals surface area contributed by atoms with E-state index in [4.69, 9.17) is 0 Å². The van der Waals surface area contributed by atoms with Crippen LogP contribution in [-0.2, 0) is 6.54 Å². The van der Waals surface area contributed by atoms with E-state index >= 15 is 0 Å². The molecule has 1 aromatic heterocycles. The SMILES string of the molecule is CCCC(C)N(C)c1ccc(CNCC(C)C)cn1. The molecule has 0 amide bonds. The smallest absolute Gasteiger partial charge is 0.128 e. The van der Waals surface area contributed by atoms with Gasteiger partial charge in [0.05, 0.1) is 0 Å². The lowest BCUT2D eigenvalue weighted by Crippen LogP contribution is -2.29. The Hall–Kier alpha value is -1.09. The van der Waals surface area contributed by atoms with Crippen molar-refractivity contribution < 1.29 is 0 Å². The normalized spacial score (nSPS) is 12.7. The summed E-state index contributed by atoms with van der Waals surface area (Å²) in [7, 11) is 2.12. The lowest BCUT2D eigenvalue weighted by atomic mass is 10.1.